The summed E-state index contributed by atoms with van der Waals surface area (Å²) in [5.41, 5.74) is 0. The van der Waals surface area contributed by atoms with E-state index in [4.69, 9.17) is 5.11 Å². The second-order valence-electron chi connectivity index (χ2n) is 5.67. The van der Waals surface area contributed by atoms with Gasteiger partial charge in [-0.25, -0.2) is 8.42 Å². The van der Waals surface area contributed by atoms with E-state index in [-0.39, 0.29) is 42.3 Å². The van der Waals surface area contributed by atoms with Crippen molar-refractivity contribution >= 4 is 21.7 Å². The van der Waals surface area contributed by atoms with E-state index in [0.29, 0.717) is 19.4 Å². The zero-order valence-electron chi connectivity index (χ0n) is 12.3. The third kappa shape index (κ3) is 8.01. The van der Waals surface area contributed by atoms with Crippen molar-refractivity contribution in [3.63, 3.8) is 0 Å². The molecule has 0 saturated carbocycles. The molecule has 8 heteroatoms. The molecule has 1 aliphatic rings. The minimum absolute atomic E-state index is 0.0327. The fourth-order valence-electron chi connectivity index (χ4n) is 2.25. The summed E-state index contributed by atoms with van der Waals surface area (Å²) in [5.74, 6) is -0.523. The van der Waals surface area contributed by atoms with E-state index in [0.717, 1.165) is 6.42 Å². The summed E-state index contributed by atoms with van der Waals surface area (Å²) in [4.78, 5) is 22.0. The molecule has 2 atom stereocenters. The molecular weight excluding hydrogens is 296 g/mol. The largest absolute Gasteiger partial charge is 0.481 e. The fraction of sp³-hybridized carbons (Fsp3) is 0.846. The summed E-state index contributed by atoms with van der Waals surface area (Å²) in [5, 5.41) is 14.3. The maximum atomic E-state index is 11.6. The SMILES string of the molecule is CC(CCNCC(=O)NC1CCS(=O)(=O)C1)CCC(=O)O. The predicted molar refractivity (Wildman–Crippen MR) is 78.7 cm³/mol. The number of nitrogens with one attached hydrogen (secondary N) is 2. The second-order valence-corrected chi connectivity index (χ2v) is 7.90. The maximum Gasteiger partial charge on any atom is 0.303 e. The third-order valence-electron chi connectivity index (χ3n) is 3.55. The van der Waals surface area contributed by atoms with E-state index in [1.165, 1.54) is 0 Å². The van der Waals surface area contributed by atoms with E-state index in [9.17, 15) is 18.0 Å². The molecule has 0 radical (unpaired) electrons. The zero-order valence-corrected chi connectivity index (χ0v) is 13.1. The number of amides is 1. The van der Waals surface area contributed by atoms with Crippen molar-refractivity contribution in [2.24, 2.45) is 5.92 Å². The first-order valence-corrected chi connectivity index (χ1v) is 9.03. The standard InChI is InChI=1S/C13H24N2O5S/c1-10(2-3-13(17)18)4-6-14-8-12(16)15-11-5-7-21(19,20)9-11/h10-11,14H,2-9H2,1H3,(H,15,16)(H,17,18). The van der Waals surface area contributed by atoms with Gasteiger partial charge in [0.15, 0.2) is 9.84 Å². The Morgan fingerprint density at radius 1 is 1.33 bits per heavy atom. The smallest absolute Gasteiger partial charge is 0.303 e. The molecule has 0 aliphatic carbocycles. The summed E-state index contributed by atoms with van der Waals surface area (Å²) in [6.07, 6.45) is 2.08. The van der Waals surface area contributed by atoms with Crippen LogP contribution in [-0.4, -0.2) is 56.0 Å². The molecule has 7 nitrogen and oxygen atoms in total. The summed E-state index contributed by atoms with van der Waals surface area (Å²) in [7, 11) is -2.97. The Morgan fingerprint density at radius 2 is 2.05 bits per heavy atom. The van der Waals surface area contributed by atoms with Crippen molar-refractivity contribution in [1.29, 1.82) is 0 Å². The van der Waals surface area contributed by atoms with Crippen molar-refractivity contribution in [2.45, 2.75) is 38.6 Å². The number of carbonyl (C=O) groups is 2. The first-order chi connectivity index (χ1) is 9.78. The maximum absolute atomic E-state index is 11.6. The number of carboxylic acid groups (broad SMARTS) is 1. The number of rotatable bonds is 9. The van der Waals surface area contributed by atoms with Crippen molar-refractivity contribution < 1.29 is 23.1 Å². The average molecular weight is 320 g/mol. The van der Waals surface area contributed by atoms with Gasteiger partial charge in [0, 0.05) is 12.5 Å². The Bertz CT molecular complexity index is 463. The lowest BCUT2D eigenvalue weighted by molar-refractivity contribution is -0.137. The predicted octanol–water partition coefficient (Wildman–Crippen LogP) is -0.230. The van der Waals surface area contributed by atoms with Gasteiger partial charge in [-0.2, -0.15) is 0 Å². The summed E-state index contributed by atoms with van der Waals surface area (Å²) in [6.45, 7) is 2.77. The van der Waals surface area contributed by atoms with Crippen LogP contribution in [0.2, 0.25) is 0 Å². The van der Waals surface area contributed by atoms with Crippen LogP contribution in [0.3, 0.4) is 0 Å². The van der Waals surface area contributed by atoms with Crippen molar-refractivity contribution in [3.8, 4) is 0 Å². The molecule has 1 fully saturated rings. The van der Waals surface area contributed by atoms with Gasteiger partial charge < -0.3 is 15.7 Å². The lowest BCUT2D eigenvalue weighted by Gasteiger charge is -2.13. The Morgan fingerprint density at radius 3 is 2.62 bits per heavy atom. The number of carbonyl (C=O) groups excluding carboxylic acids is 1. The molecular formula is C13H24N2O5S. The molecule has 0 aromatic carbocycles. The average Bonchev–Trinajstić information content (AvgIpc) is 2.71. The van der Waals surface area contributed by atoms with E-state index < -0.39 is 15.8 Å². The summed E-state index contributed by atoms with van der Waals surface area (Å²) in [6, 6.07) is -0.265. The minimum atomic E-state index is -2.97. The molecule has 0 aromatic rings. The van der Waals surface area contributed by atoms with Crippen LogP contribution in [0.25, 0.3) is 0 Å². The van der Waals surface area contributed by atoms with Gasteiger partial charge in [0.1, 0.15) is 0 Å². The van der Waals surface area contributed by atoms with Crippen LogP contribution < -0.4 is 10.6 Å². The van der Waals surface area contributed by atoms with Gasteiger partial charge in [-0.05, 0) is 31.7 Å². The van der Waals surface area contributed by atoms with E-state index in [2.05, 4.69) is 10.6 Å². The number of hydrogen-bond acceptors (Lipinski definition) is 5. The molecule has 0 spiro atoms. The Balaban J connectivity index is 2.07. The van der Waals surface area contributed by atoms with Gasteiger partial charge in [-0.1, -0.05) is 6.92 Å². The lowest BCUT2D eigenvalue weighted by atomic mass is 10.0. The summed E-state index contributed by atoms with van der Waals surface area (Å²) < 4.78 is 22.5. The second kappa shape index (κ2) is 8.33. The Labute approximate surface area is 125 Å². The van der Waals surface area contributed by atoms with Gasteiger partial charge >= 0.3 is 5.97 Å². The molecule has 3 N–H and O–H groups in total. The minimum Gasteiger partial charge on any atom is -0.481 e. The van der Waals surface area contributed by atoms with Crippen LogP contribution in [0, 0.1) is 5.92 Å². The van der Waals surface area contributed by atoms with Gasteiger partial charge in [-0.15, -0.1) is 0 Å². The monoisotopic (exact) mass is 320 g/mol. The number of sulfone groups is 1. The van der Waals surface area contributed by atoms with Gasteiger partial charge in [0.2, 0.25) is 5.91 Å². The molecule has 1 saturated heterocycles. The van der Waals surface area contributed by atoms with Crippen LogP contribution in [-0.2, 0) is 19.4 Å². The van der Waals surface area contributed by atoms with Gasteiger partial charge in [0.05, 0.1) is 18.1 Å². The molecule has 2 unspecified atom stereocenters. The molecule has 21 heavy (non-hydrogen) atoms. The van der Waals surface area contributed by atoms with E-state index in [1.807, 2.05) is 6.92 Å². The highest BCUT2D eigenvalue weighted by Crippen LogP contribution is 2.11. The molecule has 1 rings (SSSR count). The molecule has 1 heterocycles. The van der Waals surface area contributed by atoms with Crippen LogP contribution in [0.5, 0.6) is 0 Å². The fourth-order valence-corrected chi connectivity index (χ4v) is 3.93. The van der Waals surface area contributed by atoms with Crippen molar-refractivity contribution in [3.05, 3.63) is 0 Å². The first-order valence-electron chi connectivity index (χ1n) is 7.21. The lowest BCUT2D eigenvalue weighted by Crippen LogP contribution is -2.41. The van der Waals surface area contributed by atoms with Crippen molar-refractivity contribution in [2.75, 3.05) is 24.6 Å². The van der Waals surface area contributed by atoms with Crippen LogP contribution in [0.1, 0.15) is 32.6 Å². The van der Waals surface area contributed by atoms with Gasteiger partial charge in [0.25, 0.3) is 0 Å². The third-order valence-corrected chi connectivity index (χ3v) is 5.32. The van der Waals surface area contributed by atoms with Gasteiger partial charge in [-0.3, -0.25) is 9.59 Å². The van der Waals surface area contributed by atoms with Crippen LogP contribution >= 0.6 is 0 Å². The molecule has 0 bridgehead atoms. The summed E-state index contributed by atoms with van der Waals surface area (Å²) >= 11 is 0. The Hall–Kier alpha value is -1.15. The van der Waals surface area contributed by atoms with E-state index in [1.54, 1.807) is 0 Å². The zero-order chi connectivity index (χ0) is 15.9. The highest BCUT2D eigenvalue weighted by molar-refractivity contribution is 7.91. The highest BCUT2D eigenvalue weighted by atomic mass is 32.2. The molecule has 1 aliphatic heterocycles. The van der Waals surface area contributed by atoms with Crippen molar-refractivity contribution in [1.82, 2.24) is 10.6 Å². The highest BCUT2D eigenvalue weighted by Gasteiger charge is 2.28. The first kappa shape index (κ1) is 17.9. The topological polar surface area (TPSA) is 113 Å². The van der Waals surface area contributed by atoms with Crippen LogP contribution in [0.4, 0.5) is 0 Å². The van der Waals surface area contributed by atoms with Crippen LogP contribution in [0.15, 0.2) is 0 Å². The number of hydrogen-bond donors (Lipinski definition) is 3. The molecule has 0 aromatic heterocycles. The number of carboxylic acids is 1. The van der Waals surface area contributed by atoms with E-state index >= 15 is 0 Å². The molecule has 122 valence electrons. The molecule has 1 amide bonds. The quantitative estimate of drug-likeness (QED) is 0.506. The normalized spacial score (nSPS) is 21.9. The Kier molecular flexibility index (Phi) is 7.10. The number of aliphatic carboxylic acids is 1.